The third-order valence-corrected chi connectivity index (χ3v) is 27.2. The minimum absolute atomic E-state index is 0.117. The maximum atomic E-state index is 16.8. The highest BCUT2D eigenvalue weighted by atomic mass is 16.6. The second-order valence-electron chi connectivity index (χ2n) is 29.3. The van der Waals surface area contributed by atoms with Crippen molar-refractivity contribution in [2.45, 2.75) is 204 Å². The van der Waals surface area contributed by atoms with E-state index in [0.717, 1.165) is 62.9 Å². The molecule has 0 amide bonds. The summed E-state index contributed by atoms with van der Waals surface area (Å²) in [6.07, 6.45) is 35.6. The predicted molar refractivity (Wildman–Crippen MR) is 284 cm³/mol. The summed E-state index contributed by atoms with van der Waals surface area (Å²) in [7, 11) is 0. The second kappa shape index (κ2) is 15.5. The molecule has 14 unspecified atom stereocenters. The van der Waals surface area contributed by atoms with E-state index in [9.17, 15) is 5.11 Å². The number of esters is 2. The van der Waals surface area contributed by atoms with E-state index < -0.39 is 16.4 Å². The highest BCUT2D eigenvalue weighted by Gasteiger charge is 2.94. The standard InChI is InChI=1S/C66H85N3O5/c1-38-27-43-16-17-50-45-28-39-35-68(37-45)51(46-32-61(20-5-6-21-61)62(33-46)22-7-8-23-62)31-52(70)58-64-25-19-47-55-48-34-63(38,56(47)57(43)69(50)36-39)24-18-42(48)29-44(40-11-3-2-4-12-40)30-53(65(55,64)60(72)73-58)66(64)49-15-9-13-41(14-10-26-67)54(49)59(71)74-66/h9,13,15,29,38-40,44-46,48,50-51,53,56,70H,2-8,10-12,14,16-28,30-37,67H2,1H3. The average molecular weight is 1000 g/mol. The van der Waals surface area contributed by atoms with Crippen molar-refractivity contribution in [3.05, 3.63) is 80.5 Å². The third-order valence-electron chi connectivity index (χ3n) is 27.2. The van der Waals surface area contributed by atoms with Crippen molar-refractivity contribution in [1.29, 1.82) is 0 Å². The first-order valence-corrected chi connectivity index (χ1v) is 31.5. The van der Waals surface area contributed by atoms with Gasteiger partial charge in [-0.25, -0.2) is 4.79 Å². The molecule has 19 aliphatic rings. The van der Waals surface area contributed by atoms with Crippen LogP contribution in [0.1, 0.15) is 202 Å². The molecule has 10 aliphatic carbocycles. The molecule has 9 aliphatic heterocycles. The quantitative estimate of drug-likeness (QED) is 0.222. The normalized spacial score (nSPS) is 45.6. The predicted octanol–water partition coefficient (Wildman–Crippen LogP) is 12.9. The van der Waals surface area contributed by atoms with Gasteiger partial charge >= 0.3 is 11.9 Å². The van der Waals surface area contributed by atoms with E-state index in [1.165, 1.54) is 134 Å². The van der Waals surface area contributed by atoms with Gasteiger partial charge < -0.3 is 25.2 Å². The zero-order valence-electron chi connectivity index (χ0n) is 44.8. The van der Waals surface area contributed by atoms with Crippen LogP contribution in [0.3, 0.4) is 0 Å². The van der Waals surface area contributed by atoms with Crippen molar-refractivity contribution >= 4 is 11.9 Å². The van der Waals surface area contributed by atoms with Gasteiger partial charge in [0.25, 0.3) is 0 Å². The molecule has 0 radical (unpaired) electrons. The number of carbonyl (C=O) groups excluding carboxylic acids is 2. The summed E-state index contributed by atoms with van der Waals surface area (Å²) in [6.45, 7) is 6.57. The first-order chi connectivity index (χ1) is 36.1. The molecule has 394 valence electrons. The van der Waals surface area contributed by atoms with Crippen LogP contribution in [-0.2, 0) is 26.3 Å². The van der Waals surface area contributed by atoms with Crippen LogP contribution in [0.25, 0.3) is 0 Å². The number of aliphatic hydroxyl groups excluding tert-OH is 1. The molecule has 6 saturated carbocycles. The Kier molecular flexibility index (Phi) is 9.54. The van der Waals surface area contributed by atoms with E-state index in [0.29, 0.717) is 101 Å². The van der Waals surface area contributed by atoms with Crippen molar-refractivity contribution < 1.29 is 24.2 Å². The number of rotatable bonds is 5. The lowest BCUT2D eigenvalue weighted by atomic mass is 9.26. The Balaban J connectivity index is 0.943. The lowest BCUT2D eigenvalue weighted by Gasteiger charge is -2.74. The van der Waals surface area contributed by atoms with E-state index in [-0.39, 0.29) is 35.2 Å². The van der Waals surface area contributed by atoms with Crippen LogP contribution in [0.4, 0.5) is 0 Å². The van der Waals surface area contributed by atoms with E-state index in [4.69, 9.17) is 15.2 Å². The highest BCUT2D eigenvalue weighted by Crippen LogP contribution is 2.89. The maximum absolute atomic E-state index is 16.8. The van der Waals surface area contributed by atoms with Gasteiger partial charge in [-0.05, 0) is 198 Å². The Bertz CT molecular complexity index is 2760. The first-order valence-electron chi connectivity index (χ1n) is 31.5. The number of benzene rings is 1. The molecule has 14 bridgehead atoms. The van der Waals surface area contributed by atoms with Crippen LogP contribution in [0, 0.1) is 80.3 Å². The van der Waals surface area contributed by atoms with Crippen molar-refractivity contribution in [3.63, 3.8) is 0 Å². The summed E-state index contributed by atoms with van der Waals surface area (Å²) < 4.78 is 14.9. The number of fused-ring (bicyclic) bond motifs is 4. The van der Waals surface area contributed by atoms with Crippen LogP contribution < -0.4 is 5.73 Å². The SMILES string of the molecule is CC1CC2=C3C4C5=C6C7CC14CCC7=CC(C1CCCCC1)CC1C64C(=O)OC(=C(O)CC(C6CC7(CCCC7)C7(CCCC7)C6)N6CC7CC(C6)C(CC2)N3C7)C4(CC5)C12OC(=O)c1c(CCCN)cccc12. The number of aryl methyl sites for hydroxylation is 1. The summed E-state index contributed by atoms with van der Waals surface area (Å²) in [4.78, 5) is 38.3. The Morgan fingerprint density at radius 3 is 2.38 bits per heavy atom. The summed E-state index contributed by atoms with van der Waals surface area (Å²) in [5.74, 6) is 3.82. The topological polar surface area (TPSA) is 105 Å². The lowest BCUT2D eigenvalue weighted by Crippen LogP contribution is -2.78. The second-order valence-corrected chi connectivity index (χ2v) is 29.3. The van der Waals surface area contributed by atoms with Gasteiger partial charge in [-0.2, -0.15) is 0 Å². The summed E-state index contributed by atoms with van der Waals surface area (Å²) in [5, 5.41) is 14.0. The van der Waals surface area contributed by atoms with E-state index in [2.05, 4.69) is 41.0 Å². The number of aliphatic hydroxyl groups is 1. The van der Waals surface area contributed by atoms with Gasteiger partial charge in [0.05, 0.1) is 11.0 Å². The van der Waals surface area contributed by atoms with E-state index in [1.807, 2.05) is 0 Å². The van der Waals surface area contributed by atoms with E-state index in [1.54, 1.807) is 22.4 Å². The molecule has 14 atom stereocenters. The van der Waals surface area contributed by atoms with Gasteiger partial charge in [-0.1, -0.05) is 92.9 Å². The van der Waals surface area contributed by atoms with Gasteiger partial charge in [0.2, 0.25) is 0 Å². The molecular formula is C66H85N3O5. The number of allylic oxidation sites excluding steroid dienone is 4. The lowest BCUT2D eigenvalue weighted by molar-refractivity contribution is -0.284. The Morgan fingerprint density at radius 2 is 1.59 bits per heavy atom. The van der Waals surface area contributed by atoms with Gasteiger partial charge in [-0.15, -0.1) is 0 Å². The molecule has 20 rings (SSSR count). The van der Waals surface area contributed by atoms with Crippen LogP contribution >= 0.6 is 0 Å². The molecule has 6 spiro atoms. The number of hydrogen-bond donors (Lipinski definition) is 2. The molecule has 0 aromatic heterocycles. The summed E-state index contributed by atoms with van der Waals surface area (Å²) >= 11 is 0. The third kappa shape index (κ3) is 5.25. The van der Waals surface area contributed by atoms with Crippen molar-refractivity contribution in [1.82, 2.24) is 9.80 Å². The molecule has 1 aromatic carbocycles. The molecule has 3 saturated heterocycles. The Morgan fingerprint density at radius 1 is 0.797 bits per heavy atom. The molecule has 8 heteroatoms. The van der Waals surface area contributed by atoms with Gasteiger partial charge in [0.1, 0.15) is 11.2 Å². The number of nitrogens with two attached hydrogens (primary N) is 1. The van der Waals surface area contributed by atoms with Gasteiger partial charge in [-0.3, -0.25) is 9.69 Å². The molecule has 8 nitrogen and oxygen atoms in total. The first kappa shape index (κ1) is 45.6. The summed E-state index contributed by atoms with van der Waals surface area (Å²) in [6, 6.07) is 7.26. The number of hydrogen-bond acceptors (Lipinski definition) is 8. The van der Waals surface area contributed by atoms with Crippen LogP contribution in [0.5, 0.6) is 0 Å². The van der Waals surface area contributed by atoms with E-state index >= 15 is 9.59 Å². The van der Waals surface area contributed by atoms with Crippen LogP contribution in [-0.4, -0.2) is 65.1 Å². The zero-order valence-corrected chi connectivity index (χ0v) is 44.8. The molecule has 74 heavy (non-hydrogen) atoms. The Hall–Kier alpha value is -3.36. The van der Waals surface area contributed by atoms with Crippen molar-refractivity contribution in [2.75, 3.05) is 26.2 Å². The number of ether oxygens (including phenoxy) is 2. The number of piperidine rings is 2. The molecule has 1 aromatic rings. The van der Waals surface area contributed by atoms with Crippen LogP contribution in [0.2, 0.25) is 0 Å². The average Bonchev–Trinajstić information content (AvgIpc) is 4.32. The minimum atomic E-state index is -1.13. The highest BCUT2D eigenvalue weighted by molar-refractivity contribution is 6.00. The van der Waals surface area contributed by atoms with Crippen molar-refractivity contribution in [3.8, 4) is 0 Å². The molecule has 9 fully saturated rings. The number of carbonyl (C=O) groups is 2. The fourth-order valence-corrected chi connectivity index (χ4v) is 25.0. The fraction of sp³-hybridized carbons (Fsp3) is 0.758. The Labute approximate surface area is 441 Å². The van der Waals surface area contributed by atoms with Crippen LogP contribution in [0.15, 0.2) is 63.8 Å². The molecular weight excluding hydrogens is 915 g/mol. The largest absolute Gasteiger partial charge is 0.509 e. The fourth-order valence-electron chi connectivity index (χ4n) is 25.0. The summed E-state index contributed by atoms with van der Waals surface area (Å²) in [5.41, 5.74) is 14.8. The number of nitrogens with zero attached hydrogens (tertiary/aromatic N) is 2. The van der Waals surface area contributed by atoms with Gasteiger partial charge in [0.15, 0.2) is 11.4 Å². The van der Waals surface area contributed by atoms with Crippen molar-refractivity contribution in [2.24, 2.45) is 86.1 Å². The monoisotopic (exact) mass is 1000 g/mol. The molecule has 3 N–H and O–H groups in total. The zero-order chi connectivity index (χ0) is 49.3. The smallest absolute Gasteiger partial charge is 0.339 e. The molecule has 9 heterocycles. The van der Waals surface area contributed by atoms with Gasteiger partial charge in [0, 0.05) is 67.2 Å². The maximum Gasteiger partial charge on any atom is 0.339 e. The minimum Gasteiger partial charge on any atom is -0.509 e.